The predicted octanol–water partition coefficient (Wildman–Crippen LogP) is 4.51. The van der Waals surface area contributed by atoms with Crippen LogP contribution in [0.3, 0.4) is 0 Å². The predicted molar refractivity (Wildman–Crippen MR) is 143 cm³/mol. The fraction of sp³-hybridized carbons (Fsp3) is 0.517. The van der Waals surface area contributed by atoms with E-state index in [4.69, 9.17) is 4.74 Å². The van der Waals surface area contributed by atoms with Crippen LogP contribution < -0.4 is 5.32 Å². The molecule has 7 heteroatoms. The zero-order chi connectivity index (χ0) is 25.7. The summed E-state index contributed by atoms with van der Waals surface area (Å²) in [7, 11) is 0. The number of likely N-dealkylation sites (N-methyl/N-ethyl adjacent to an activating group) is 1. The third-order valence-corrected chi connectivity index (χ3v) is 7.00. The number of carbonyl (C=O) groups excluding carboxylic acids is 2. The Kier molecular flexibility index (Phi) is 8.19. The second-order valence-electron chi connectivity index (χ2n) is 10.8. The van der Waals surface area contributed by atoms with Gasteiger partial charge in [0.2, 0.25) is 5.91 Å². The number of benzene rings is 2. The molecule has 2 aliphatic rings. The van der Waals surface area contributed by atoms with Gasteiger partial charge in [-0.15, -0.1) is 0 Å². The molecule has 2 heterocycles. The number of fused-ring (bicyclic) bond motifs is 1. The van der Waals surface area contributed by atoms with Crippen LogP contribution in [-0.4, -0.2) is 71.1 Å². The van der Waals surface area contributed by atoms with Crippen molar-refractivity contribution in [1.29, 1.82) is 0 Å². The van der Waals surface area contributed by atoms with Gasteiger partial charge in [0.1, 0.15) is 5.60 Å². The van der Waals surface area contributed by atoms with Gasteiger partial charge in [-0.05, 0) is 62.9 Å². The van der Waals surface area contributed by atoms with Crippen molar-refractivity contribution in [3.05, 3.63) is 65.2 Å². The summed E-state index contributed by atoms with van der Waals surface area (Å²) in [6.07, 6.45) is 1.46. The molecule has 2 aromatic carbocycles. The maximum absolute atomic E-state index is 13.6. The number of nitrogens with zero attached hydrogens (tertiary/aromatic N) is 3. The van der Waals surface area contributed by atoms with Gasteiger partial charge in [-0.3, -0.25) is 9.69 Å². The monoisotopic (exact) mass is 492 g/mol. The molecule has 1 atom stereocenters. The molecule has 0 radical (unpaired) electrons. The van der Waals surface area contributed by atoms with Crippen molar-refractivity contribution in [2.45, 2.75) is 65.3 Å². The van der Waals surface area contributed by atoms with E-state index in [0.717, 1.165) is 43.7 Å². The summed E-state index contributed by atoms with van der Waals surface area (Å²) in [6, 6.07) is 16.4. The van der Waals surface area contributed by atoms with Crippen LogP contribution in [-0.2, 0) is 29.0 Å². The first-order valence-corrected chi connectivity index (χ1v) is 13.1. The first-order chi connectivity index (χ1) is 17.2. The molecule has 0 aromatic heterocycles. The zero-order valence-corrected chi connectivity index (χ0v) is 22.1. The summed E-state index contributed by atoms with van der Waals surface area (Å²) in [6.45, 7) is 12.6. The number of hydrogen-bond donors (Lipinski definition) is 1. The van der Waals surface area contributed by atoms with E-state index in [0.29, 0.717) is 19.6 Å². The highest BCUT2D eigenvalue weighted by atomic mass is 16.6. The number of ether oxygens (including phenoxy) is 1. The molecule has 194 valence electrons. The first kappa shape index (κ1) is 26.0. The molecule has 2 aromatic rings. The van der Waals surface area contributed by atoms with Gasteiger partial charge in [-0.2, -0.15) is 0 Å². The Morgan fingerprint density at radius 3 is 2.58 bits per heavy atom. The molecule has 4 rings (SSSR count). The maximum Gasteiger partial charge on any atom is 0.410 e. The summed E-state index contributed by atoms with van der Waals surface area (Å²) in [5.41, 5.74) is 4.24. The van der Waals surface area contributed by atoms with Gasteiger partial charge in [0.05, 0.1) is 12.6 Å². The quantitative estimate of drug-likeness (QED) is 0.616. The molecule has 36 heavy (non-hydrogen) atoms. The standard InChI is InChI=1S/C29H40N4O3/c1-5-31-16-14-23-12-9-13-26(25(23)21-31)30-18-27(34)33(19-22-10-7-6-8-11-22)24-15-17-32(20-24)28(35)36-29(2,3)4/h6-13,24,30H,5,14-21H2,1-4H3. The van der Waals surface area contributed by atoms with Crippen LogP contribution >= 0.6 is 0 Å². The third-order valence-electron chi connectivity index (χ3n) is 7.00. The van der Waals surface area contributed by atoms with Crippen molar-refractivity contribution in [2.24, 2.45) is 0 Å². The van der Waals surface area contributed by atoms with Gasteiger partial charge in [0.15, 0.2) is 0 Å². The molecule has 2 amide bonds. The largest absolute Gasteiger partial charge is 0.444 e. The van der Waals surface area contributed by atoms with Gasteiger partial charge in [-0.1, -0.05) is 49.4 Å². The molecule has 1 fully saturated rings. The number of rotatable bonds is 7. The molecule has 2 aliphatic heterocycles. The van der Waals surface area contributed by atoms with Crippen molar-refractivity contribution >= 4 is 17.7 Å². The Hall–Kier alpha value is -3.06. The van der Waals surface area contributed by atoms with Gasteiger partial charge in [-0.25, -0.2) is 4.79 Å². The Morgan fingerprint density at radius 2 is 1.86 bits per heavy atom. The lowest BCUT2D eigenvalue weighted by Gasteiger charge is -2.31. The van der Waals surface area contributed by atoms with Crippen molar-refractivity contribution in [2.75, 3.05) is 38.0 Å². The number of amides is 2. The highest BCUT2D eigenvalue weighted by molar-refractivity contribution is 5.82. The summed E-state index contributed by atoms with van der Waals surface area (Å²) < 4.78 is 5.57. The minimum absolute atomic E-state index is 0.0376. The molecule has 0 aliphatic carbocycles. The fourth-order valence-corrected chi connectivity index (χ4v) is 5.03. The normalized spacial score (nSPS) is 18.0. The zero-order valence-electron chi connectivity index (χ0n) is 22.1. The Balaban J connectivity index is 1.46. The Bertz CT molecular complexity index is 1050. The van der Waals surface area contributed by atoms with Gasteiger partial charge < -0.3 is 19.9 Å². The van der Waals surface area contributed by atoms with Crippen LogP contribution in [0.2, 0.25) is 0 Å². The number of likely N-dealkylation sites (tertiary alicyclic amines) is 1. The average molecular weight is 493 g/mol. The number of carbonyl (C=O) groups is 2. The van der Waals surface area contributed by atoms with Crippen LogP contribution in [0.25, 0.3) is 0 Å². The molecule has 0 saturated carbocycles. The van der Waals surface area contributed by atoms with Gasteiger partial charge in [0.25, 0.3) is 0 Å². The van der Waals surface area contributed by atoms with Crippen molar-refractivity contribution in [3.63, 3.8) is 0 Å². The van der Waals surface area contributed by atoms with E-state index in [9.17, 15) is 9.59 Å². The molecular formula is C29H40N4O3. The number of hydrogen-bond acceptors (Lipinski definition) is 5. The number of nitrogens with one attached hydrogen (secondary N) is 1. The van der Waals surface area contributed by atoms with E-state index >= 15 is 0 Å². The summed E-state index contributed by atoms with van der Waals surface area (Å²) in [5.74, 6) is 0.0376. The fourth-order valence-electron chi connectivity index (χ4n) is 5.03. The average Bonchev–Trinajstić information content (AvgIpc) is 3.35. The molecular weight excluding hydrogens is 452 g/mol. The van der Waals surface area contributed by atoms with Gasteiger partial charge >= 0.3 is 6.09 Å². The summed E-state index contributed by atoms with van der Waals surface area (Å²) >= 11 is 0. The minimum Gasteiger partial charge on any atom is -0.444 e. The lowest BCUT2D eigenvalue weighted by Crippen LogP contribution is -2.45. The molecule has 0 spiro atoms. The highest BCUT2D eigenvalue weighted by Crippen LogP contribution is 2.27. The SMILES string of the molecule is CCN1CCc2cccc(NCC(=O)N(Cc3ccccc3)C3CCN(C(=O)OC(C)(C)C)C3)c2C1. The molecule has 1 N–H and O–H groups in total. The highest BCUT2D eigenvalue weighted by Gasteiger charge is 2.35. The van der Waals surface area contributed by atoms with Crippen LogP contribution in [0.5, 0.6) is 0 Å². The van der Waals surface area contributed by atoms with E-state index < -0.39 is 5.60 Å². The topological polar surface area (TPSA) is 65.1 Å². The van der Waals surface area contributed by atoms with Crippen LogP contribution in [0, 0.1) is 0 Å². The van der Waals surface area contributed by atoms with Crippen molar-refractivity contribution in [1.82, 2.24) is 14.7 Å². The minimum atomic E-state index is -0.541. The van der Waals surface area contributed by atoms with E-state index in [-0.39, 0.29) is 24.6 Å². The molecule has 1 saturated heterocycles. The smallest absolute Gasteiger partial charge is 0.410 e. The molecule has 1 unspecified atom stereocenters. The summed E-state index contributed by atoms with van der Waals surface area (Å²) in [5, 5.41) is 3.45. The van der Waals surface area contributed by atoms with E-state index in [2.05, 4.69) is 35.3 Å². The van der Waals surface area contributed by atoms with E-state index in [1.54, 1.807) is 4.90 Å². The van der Waals surface area contributed by atoms with Crippen LogP contribution in [0.1, 0.15) is 50.8 Å². The van der Waals surface area contributed by atoms with E-state index in [1.165, 1.54) is 11.1 Å². The van der Waals surface area contributed by atoms with Crippen molar-refractivity contribution in [3.8, 4) is 0 Å². The Labute approximate surface area is 215 Å². The van der Waals surface area contributed by atoms with Crippen LogP contribution in [0.15, 0.2) is 48.5 Å². The summed E-state index contributed by atoms with van der Waals surface area (Å²) in [4.78, 5) is 32.3. The van der Waals surface area contributed by atoms with Gasteiger partial charge in [0, 0.05) is 38.4 Å². The first-order valence-electron chi connectivity index (χ1n) is 13.1. The van der Waals surface area contributed by atoms with Crippen molar-refractivity contribution < 1.29 is 14.3 Å². The van der Waals surface area contributed by atoms with Crippen LogP contribution in [0.4, 0.5) is 10.5 Å². The third kappa shape index (κ3) is 6.58. The molecule has 0 bridgehead atoms. The van der Waals surface area contributed by atoms with E-state index in [1.807, 2.05) is 56.0 Å². The second kappa shape index (κ2) is 11.3. The lowest BCUT2D eigenvalue weighted by molar-refractivity contribution is -0.132. The Morgan fingerprint density at radius 1 is 1.08 bits per heavy atom. The number of anilines is 1. The lowest BCUT2D eigenvalue weighted by atomic mass is 9.98. The second-order valence-corrected chi connectivity index (χ2v) is 10.8. The maximum atomic E-state index is 13.6. The molecule has 7 nitrogen and oxygen atoms in total.